The van der Waals surface area contributed by atoms with Gasteiger partial charge in [-0.3, -0.25) is 0 Å². The highest BCUT2D eigenvalue weighted by Crippen LogP contribution is 2.25. The van der Waals surface area contributed by atoms with Crippen LogP contribution in [0.2, 0.25) is 5.02 Å². The molecule has 0 saturated carbocycles. The summed E-state index contributed by atoms with van der Waals surface area (Å²) in [4.78, 5) is 0. The van der Waals surface area contributed by atoms with E-state index in [0.717, 1.165) is 10.6 Å². The molecule has 1 aromatic carbocycles. The van der Waals surface area contributed by atoms with E-state index in [2.05, 4.69) is 13.8 Å². The Morgan fingerprint density at radius 1 is 1.33 bits per heavy atom. The minimum Gasteiger partial charge on any atom is -0.122 e. The van der Waals surface area contributed by atoms with E-state index in [1.54, 1.807) is 0 Å². The molecule has 0 spiro atoms. The second kappa shape index (κ2) is 4.15. The molecule has 0 unspecified atom stereocenters. The Hall–Kier alpha value is -0.200. The molecule has 12 heavy (non-hydrogen) atoms. The van der Waals surface area contributed by atoms with Gasteiger partial charge >= 0.3 is 0 Å². The molecule has 0 N–H and O–H groups in total. The van der Waals surface area contributed by atoms with E-state index in [9.17, 15) is 0 Å². The molecule has 66 valence electrons. The summed E-state index contributed by atoms with van der Waals surface area (Å²) in [5, 5.41) is 0.822. The third-order valence-corrected chi connectivity index (χ3v) is 2.48. The summed E-state index contributed by atoms with van der Waals surface area (Å²) < 4.78 is 0. The molecule has 0 heterocycles. The largest absolute Gasteiger partial charge is 0.122 e. The highest BCUT2D eigenvalue weighted by atomic mass is 35.5. The Labute approximate surface area is 83.5 Å². The van der Waals surface area contributed by atoms with Gasteiger partial charge in [-0.2, -0.15) is 0 Å². The summed E-state index contributed by atoms with van der Waals surface area (Å²) in [6.45, 7) is 4.25. The van der Waals surface area contributed by atoms with E-state index in [4.69, 9.17) is 23.2 Å². The highest BCUT2D eigenvalue weighted by Gasteiger charge is 2.04. The molecule has 0 atom stereocenters. The maximum absolute atomic E-state index is 6.04. The highest BCUT2D eigenvalue weighted by molar-refractivity contribution is 6.31. The van der Waals surface area contributed by atoms with E-state index >= 15 is 0 Å². The fourth-order valence-corrected chi connectivity index (χ4v) is 1.71. The zero-order valence-electron chi connectivity index (χ0n) is 7.27. The molecular formula is C10H12Cl2. The van der Waals surface area contributed by atoms with Crippen LogP contribution in [0.5, 0.6) is 0 Å². The summed E-state index contributed by atoms with van der Waals surface area (Å²) >= 11 is 11.7. The van der Waals surface area contributed by atoms with Crippen molar-refractivity contribution in [3.8, 4) is 0 Å². The number of alkyl halides is 1. The molecule has 0 radical (unpaired) electrons. The molecule has 0 bridgehead atoms. The molecule has 1 rings (SSSR count). The van der Waals surface area contributed by atoms with Crippen LogP contribution in [0.4, 0.5) is 0 Å². The van der Waals surface area contributed by atoms with E-state index in [0.29, 0.717) is 11.8 Å². The Kier molecular flexibility index (Phi) is 3.42. The first-order chi connectivity index (χ1) is 5.65. The van der Waals surface area contributed by atoms with Gasteiger partial charge in [0.15, 0.2) is 0 Å². The lowest BCUT2D eigenvalue weighted by Crippen LogP contribution is -1.89. The second-order valence-electron chi connectivity index (χ2n) is 3.14. The van der Waals surface area contributed by atoms with Crippen LogP contribution in [-0.2, 0) is 5.88 Å². The van der Waals surface area contributed by atoms with Crippen LogP contribution in [0.3, 0.4) is 0 Å². The maximum Gasteiger partial charge on any atom is 0.0474 e. The van der Waals surface area contributed by atoms with Crippen LogP contribution in [0, 0.1) is 0 Å². The summed E-state index contributed by atoms with van der Waals surface area (Å²) in [5.41, 5.74) is 2.26. The Bertz CT molecular complexity index is 267. The SMILES string of the molecule is CC(C)c1ccc(CCl)cc1Cl. The zero-order valence-corrected chi connectivity index (χ0v) is 8.78. The van der Waals surface area contributed by atoms with Gasteiger partial charge in [0.05, 0.1) is 0 Å². The number of hydrogen-bond donors (Lipinski definition) is 0. The maximum atomic E-state index is 6.04. The predicted octanol–water partition coefficient (Wildman–Crippen LogP) is 4.20. The third kappa shape index (κ3) is 2.15. The van der Waals surface area contributed by atoms with Crippen molar-refractivity contribution >= 4 is 23.2 Å². The predicted molar refractivity (Wildman–Crippen MR) is 55.1 cm³/mol. The van der Waals surface area contributed by atoms with Crippen LogP contribution in [-0.4, -0.2) is 0 Å². The van der Waals surface area contributed by atoms with Crippen LogP contribution in [0.25, 0.3) is 0 Å². The van der Waals surface area contributed by atoms with Gasteiger partial charge in [0.1, 0.15) is 0 Å². The summed E-state index contributed by atoms with van der Waals surface area (Å²) in [7, 11) is 0. The van der Waals surface area contributed by atoms with Crippen molar-refractivity contribution in [3.05, 3.63) is 34.3 Å². The lowest BCUT2D eigenvalue weighted by Gasteiger charge is -2.08. The fraction of sp³-hybridized carbons (Fsp3) is 0.400. The standard InChI is InChI=1S/C10H12Cl2/c1-7(2)9-4-3-8(6-11)5-10(9)12/h3-5,7H,6H2,1-2H3. The van der Waals surface area contributed by atoms with Crippen molar-refractivity contribution in [2.45, 2.75) is 25.6 Å². The molecular weight excluding hydrogens is 191 g/mol. The lowest BCUT2D eigenvalue weighted by atomic mass is 10.0. The van der Waals surface area contributed by atoms with Gasteiger partial charge in [0, 0.05) is 10.9 Å². The number of rotatable bonds is 2. The molecule has 2 heteroatoms. The van der Waals surface area contributed by atoms with Crippen LogP contribution < -0.4 is 0 Å². The Morgan fingerprint density at radius 3 is 2.42 bits per heavy atom. The molecule has 1 aromatic rings. The third-order valence-electron chi connectivity index (χ3n) is 1.84. The molecule has 0 fully saturated rings. The normalized spacial score (nSPS) is 10.8. The first kappa shape index (κ1) is 9.88. The lowest BCUT2D eigenvalue weighted by molar-refractivity contribution is 0.866. The van der Waals surface area contributed by atoms with E-state index < -0.39 is 0 Å². The van der Waals surface area contributed by atoms with Gasteiger partial charge in [-0.15, -0.1) is 11.6 Å². The van der Waals surface area contributed by atoms with Crippen molar-refractivity contribution in [3.63, 3.8) is 0 Å². The number of hydrogen-bond acceptors (Lipinski definition) is 0. The van der Waals surface area contributed by atoms with E-state index in [1.165, 1.54) is 5.56 Å². The molecule has 0 aliphatic rings. The smallest absolute Gasteiger partial charge is 0.0474 e. The number of benzene rings is 1. The van der Waals surface area contributed by atoms with Gasteiger partial charge in [-0.25, -0.2) is 0 Å². The van der Waals surface area contributed by atoms with Gasteiger partial charge in [-0.1, -0.05) is 37.6 Å². The minimum absolute atomic E-state index is 0.474. The monoisotopic (exact) mass is 202 g/mol. The molecule has 0 aromatic heterocycles. The van der Waals surface area contributed by atoms with Crippen molar-refractivity contribution in [2.24, 2.45) is 0 Å². The molecule has 0 aliphatic heterocycles. The fourth-order valence-electron chi connectivity index (χ4n) is 1.12. The minimum atomic E-state index is 0.474. The quantitative estimate of drug-likeness (QED) is 0.631. The van der Waals surface area contributed by atoms with Gasteiger partial charge in [-0.05, 0) is 23.1 Å². The Morgan fingerprint density at radius 2 is 2.00 bits per heavy atom. The van der Waals surface area contributed by atoms with E-state index in [-0.39, 0.29) is 0 Å². The average molecular weight is 203 g/mol. The van der Waals surface area contributed by atoms with Gasteiger partial charge in [0.2, 0.25) is 0 Å². The van der Waals surface area contributed by atoms with Gasteiger partial charge < -0.3 is 0 Å². The first-order valence-corrected chi connectivity index (χ1v) is 4.90. The molecule has 0 amide bonds. The van der Waals surface area contributed by atoms with Crippen LogP contribution in [0.1, 0.15) is 30.9 Å². The summed E-state index contributed by atoms with van der Waals surface area (Å²) in [6.07, 6.45) is 0. The topological polar surface area (TPSA) is 0 Å². The summed E-state index contributed by atoms with van der Waals surface area (Å²) in [5.74, 6) is 1.000. The zero-order chi connectivity index (χ0) is 9.14. The van der Waals surface area contributed by atoms with E-state index in [1.807, 2.05) is 18.2 Å². The van der Waals surface area contributed by atoms with Gasteiger partial charge in [0.25, 0.3) is 0 Å². The molecule has 0 aliphatic carbocycles. The van der Waals surface area contributed by atoms with Crippen LogP contribution in [0.15, 0.2) is 18.2 Å². The molecule has 0 nitrogen and oxygen atoms in total. The van der Waals surface area contributed by atoms with Crippen LogP contribution >= 0.6 is 23.2 Å². The number of halogens is 2. The van der Waals surface area contributed by atoms with Crippen molar-refractivity contribution in [1.29, 1.82) is 0 Å². The van der Waals surface area contributed by atoms with Crippen molar-refractivity contribution < 1.29 is 0 Å². The first-order valence-electron chi connectivity index (χ1n) is 3.99. The van der Waals surface area contributed by atoms with Crippen molar-refractivity contribution in [1.82, 2.24) is 0 Å². The van der Waals surface area contributed by atoms with Crippen molar-refractivity contribution in [2.75, 3.05) is 0 Å². The average Bonchev–Trinajstić information content (AvgIpc) is 2.03. The molecule has 0 saturated heterocycles. The second-order valence-corrected chi connectivity index (χ2v) is 3.82. The Balaban J connectivity index is 3.03. The summed E-state index contributed by atoms with van der Waals surface area (Å²) in [6, 6.07) is 6.00.